The van der Waals surface area contributed by atoms with Crippen LogP contribution in [0.25, 0.3) is 0 Å². The SMILES string of the molecule is Cc1nccn1CC(C)CNC(=O)NCCCC(=O)O. The van der Waals surface area contributed by atoms with Crippen molar-refractivity contribution in [2.45, 2.75) is 33.2 Å². The Balaban J connectivity index is 2.14. The van der Waals surface area contributed by atoms with Crippen LogP contribution in [0.5, 0.6) is 0 Å². The lowest BCUT2D eigenvalue weighted by Gasteiger charge is -2.14. The second-order valence-electron chi connectivity index (χ2n) is 4.87. The van der Waals surface area contributed by atoms with Crippen LogP contribution < -0.4 is 10.6 Å². The van der Waals surface area contributed by atoms with Gasteiger partial charge in [0, 0.05) is 38.4 Å². The second-order valence-corrected chi connectivity index (χ2v) is 4.87. The predicted octanol–water partition coefficient (Wildman–Crippen LogP) is 0.992. The van der Waals surface area contributed by atoms with E-state index >= 15 is 0 Å². The van der Waals surface area contributed by atoms with Crippen molar-refractivity contribution in [3.63, 3.8) is 0 Å². The van der Waals surface area contributed by atoms with Crippen molar-refractivity contribution in [2.75, 3.05) is 13.1 Å². The van der Waals surface area contributed by atoms with Crippen LogP contribution in [0.2, 0.25) is 0 Å². The Morgan fingerprint density at radius 3 is 2.80 bits per heavy atom. The summed E-state index contributed by atoms with van der Waals surface area (Å²) < 4.78 is 2.04. The van der Waals surface area contributed by atoms with E-state index < -0.39 is 5.97 Å². The number of nitrogens with one attached hydrogen (secondary N) is 2. The summed E-state index contributed by atoms with van der Waals surface area (Å²) in [6.45, 7) is 5.71. The molecule has 1 aromatic rings. The molecule has 1 aromatic heterocycles. The number of imidazole rings is 1. The van der Waals surface area contributed by atoms with Crippen molar-refractivity contribution in [1.82, 2.24) is 20.2 Å². The van der Waals surface area contributed by atoms with Crippen molar-refractivity contribution in [2.24, 2.45) is 5.92 Å². The van der Waals surface area contributed by atoms with Gasteiger partial charge in [-0.05, 0) is 19.3 Å². The van der Waals surface area contributed by atoms with Crippen LogP contribution in [0.4, 0.5) is 4.79 Å². The first-order chi connectivity index (χ1) is 9.49. The second kappa shape index (κ2) is 8.19. The maximum atomic E-state index is 11.5. The molecule has 0 aromatic carbocycles. The zero-order chi connectivity index (χ0) is 15.0. The van der Waals surface area contributed by atoms with Crippen LogP contribution in [0, 0.1) is 12.8 Å². The molecule has 1 heterocycles. The molecule has 0 bridgehead atoms. The highest BCUT2D eigenvalue weighted by Crippen LogP contribution is 2.02. The molecule has 0 aliphatic carbocycles. The molecular weight excluding hydrogens is 260 g/mol. The van der Waals surface area contributed by atoms with Gasteiger partial charge in [0.1, 0.15) is 5.82 Å². The fourth-order valence-electron chi connectivity index (χ4n) is 1.77. The van der Waals surface area contributed by atoms with E-state index in [1.807, 2.05) is 24.6 Å². The van der Waals surface area contributed by atoms with E-state index in [0.717, 1.165) is 12.4 Å². The van der Waals surface area contributed by atoms with Gasteiger partial charge in [-0.15, -0.1) is 0 Å². The quantitative estimate of drug-likeness (QED) is 0.619. The number of aliphatic carboxylic acids is 1. The summed E-state index contributed by atoms with van der Waals surface area (Å²) in [5.41, 5.74) is 0. The highest BCUT2D eigenvalue weighted by Gasteiger charge is 2.07. The predicted molar refractivity (Wildman–Crippen MR) is 74.4 cm³/mol. The number of carboxylic acids is 1. The van der Waals surface area contributed by atoms with Gasteiger partial charge in [-0.25, -0.2) is 9.78 Å². The fourth-order valence-corrected chi connectivity index (χ4v) is 1.77. The van der Waals surface area contributed by atoms with E-state index in [1.165, 1.54) is 0 Å². The van der Waals surface area contributed by atoms with Gasteiger partial charge in [0.15, 0.2) is 0 Å². The molecule has 0 saturated heterocycles. The number of aryl methyl sites for hydroxylation is 1. The largest absolute Gasteiger partial charge is 0.481 e. The summed E-state index contributed by atoms with van der Waals surface area (Å²) in [4.78, 5) is 25.9. The van der Waals surface area contributed by atoms with Gasteiger partial charge >= 0.3 is 12.0 Å². The first kappa shape index (κ1) is 16.0. The van der Waals surface area contributed by atoms with Crippen molar-refractivity contribution in [1.29, 1.82) is 0 Å². The molecule has 2 amide bonds. The lowest BCUT2D eigenvalue weighted by atomic mass is 10.2. The Hall–Kier alpha value is -2.05. The number of carboxylic acid groups (broad SMARTS) is 1. The van der Waals surface area contributed by atoms with Crippen molar-refractivity contribution in [3.8, 4) is 0 Å². The van der Waals surface area contributed by atoms with Gasteiger partial charge in [0.05, 0.1) is 0 Å². The smallest absolute Gasteiger partial charge is 0.314 e. The lowest BCUT2D eigenvalue weighted by Crippen LogP contribution is -2.39. The van der Waals surface area contributed by atoms with E-state index in [4.69, 9.17) is 5.11 Å². The molecule has 1 rings (SSSR count). The fraction of sp³-hybridized carbons (Fsp3) is 0.615. The molecule has 7 nitrogen and oxygen atoms in total. The van der Waals surface area contributed by atoms with E-state index in [-0.39, 0.29) is 18.4 Å². The van der Waals surface area contributed by atoms with Crippen LogP contribution in [0.15, 0.2) is 12.4 Å². The van der Waals surface area contributed by atoms with Crippen LogP contribution in [-0.4, -0.2) is 39.7 Å². The van der Waals surface area contributed by atoms with Gasteiger partial charge in [-0.1, -0.05) is 6.92 Å². The number of aromatic nitrogens is 2. The normalized spacial score (nSPS) is 11.9. The van der Waals surface area contributed by atoms with E-state index in [2.05, 4.69) is 15.6 Å². The Kier molecular flexibility index (Phi) is 6.55. The molecule has 0 spiro atoms. The van der Waals surface area contributed by atoms with Crippen LogP contribution in [-0.2, 0) is 11.3 Å². The first-order valence-corrected chi connectivity index (χ1v) is 6.70. The number of hydrogen-bond acceptors (Lipinski definition) is 3. The molecule has 3 N–H and O–H groups in total. The van der Waals surface area contributed by atoms with Crippen molar-refractivity contribution < 1.29 is 14.7 Å². The summed E-state index contributed by atoms with van der Waals surface area (Å²) in [6.07, 6.45) is 4.17. The number of amides is 2. The van der Waals surface area contributed by atoms with Crippen LogP contribution >= 0.6 is 0 Å². The van der Waals surface area contributed by atoms with Gasteiger partial charge in [-0.2, -0.15) is 0 Å². The standard InChI is InChI=1S/C13H22N4O3/c1-10(9-17-7-6-14-11(17)2)8-16-13(20)15-5-3-4-12(18)19/h6-7,10H,3-5,8-9H2,1-2H3,(H,18,19)(H2,15,16,20). The van der Waals surface area contributed by atoms with Crippen LogP contribution in [0.1, 0.15) is 25.6 Å². The highest BCUT2D eigenvalue weighted by atomic mass is 16.4. The molecule has 0 aliphatic rings. The average Bonchev–Trinajstić information content (AvgIpc) is 2.78. The third kappa shape index (κ3) is 6.21. The third-order valence-electron chi connectivity index (χ3n) is 2.90. The summed E-state index contributed by atoms with van der Waals surface area (Å²) in [5, 5.41) is 13.9. The number of hydrogen-bond donors (Lipinski definition) is 3. The van der Waals surface area contributed by atoms with Crippen molar-refractivity contribution in [3.05, 3.63) is 18.2 Å². The topological polar surface area (TPSA) is 96.3 Å². The molecule has 1 atom stereocenters. The summed E-state index contributed by atoms with van der Waals surface area (Å²) >= 11 is 0. The Labute approximate surface area is 118 Å². The molecule has 7 heteroatoms. The molecular formula is C13H22N4O3. The minimum Gasteiger partial charge on any atom is -0.481 e. The summed E-state index contributed by atoms with van der Waals surface area (Å²) in [5.74, 6) is 0.388. The number of rotatable bonds is 8. The highest BCUT2D eigenvalue weighted by molar-refractivity contribution is 5.73. The monoisotopic (exact) mass is 282 g/mol. The first-order valence-electron chi connectivity index (χ1n) is 6.70. The van der Waals surface area contributed by atoms with Crippen LogP contribution in [0.3, 0.4) is 0 Å². The lowest BCUT2D eigenvalue weighted by molar-refractivity contribution is -0.137. The van der Waals surface area contributed by atoms with Gasteiger partial charge in [0.25, 0.3) is 0 Å². The number of nitrogens with zero attached hydrogens (tertiary/aromatic N) is 2. The summed E-state index contributed by atoms with van der Waals surface area (Å²) in [6, 6.07) is -0.260. The van der Waals surface area contributed by atoms with Gasteiger partial charge < -0.3 is 20.3 Å². The third-order valence-corrected chi connectivity index (χ3v) is 2.90. The molecule has 0 radical (unpaired) electrons. The Morgan fingerprint density at radius 2 is 2.20 bits per heavy atom. The zero-order valence-electron chi connectivity index (χ0n) is 11.9. The van der Waals surface area contributed by atoms with E-state index in [0.29, 0.717) is 19.5 Å². The summed E-state index contributed by atoms with van der Waals surface area (Å²) in [7, 11) is 0. The number of carbonyl (C=O) groups excluding carboxylic acids is 1. The van der Waals surface area contributed by atoms with E-state index in [1.54, 1.807) is 6.20 Å². The minimum absolute atomic E-state index is 0.0661. The van der Waals surface area contributed by atoms with Gasteiger partial charge in [0.2, 0.25) is 0 Å². The molecule has 0 fully saturated rings. The van der Waals surface area contributed by atoms with E-state index in [9.17, 15) is 9.59 Å². The van der Waals surface area contributed by atoms with Gasteiger partial charge in [-0.3, -0.25) is 4.79 Å². The number of urea groups is 1. The minimum atomic E-state index is -0.850. The molecule has 0 saturated carbocycles. The zero-order valence-corrected chi connectivity index (χ0v) is 11.9. The molecule has 112 valence electrons. The Bertz CT molecular complexity index is 445. The van der Waals surface area contributed by atoms with Crippen molar-refractivity contribution >= 4 is 12.0 Å². The maximum absolute atomic E-state index is 11.5. The molecule has 1 unspecified atom stereocenters. The number of carbonyl (C=O) groups is 2. The molecule has 20 heavy (non-hydrogen) atoms. The molecule has 0 aliphatic heterocycles. The average molecular weight is 282 g/mol. The Morgan fingerprint density at radius 1 is 1.45 bits per heavy atom. The maximum Gasteiger partial charge on any atom is 0.314 e.